The molecule has 1 aromatic carbocycles. The predicted molar refractivity (Wildman–Crippen MR) is 87.7 cm³/mol. The van der Waals surface area contributed by atoms with Gasteiger partial charge in [0, 0.05) is 0 Å². The fourth-order valence-corrected chi connectivity index (χ4v) is 3.45. The Labute approximate surface area is 137 Å². The van der Waals surface area contributed by atoms with Crippen molar-refractivity contribution >= 4 is 46.3 Å². The van der Waals surface area contributed by atoms with Crippen molar-refractivity contribution in [3.63, 3.8) is 0 Å². The van der Waals surface area contributed by atoms with E-state index < -0.39 is 17.9 Å². The fraction of sp³-hybridized carbons (Fsp3) is 0.267. The first kappa shape index (κ1) is 16.6. The van der Waals surface area contributed by atoms with Crippen LogP contribution < -0.4 is 0 Å². The van der Waals surface area contributed by atoms with Gasteiger partial charge >= 0.3 is 5.97 Å². The van der Waals surface area contributed by atoms with Crippen LogP contribution in [-0.2, 0) is 9.59 Å². The molecule has 1 atom stereocenters. The normalized spacial score (nSPS) is 18.4. The van der Waals surface area contributed by atoms with Crippen LogP contribution in [0.15, 0.2) is 29.2 Å². The molecule has 1 aliphatic rings. The van der Waals surface area contributed by atoms with Crippen molar-refractivity contribution in [2.75, 3.05) is 0 Å². The van der Waals surface area contributed by atoms with Gasteiger partial charge in [-0.15, -0.1) is 0 Å². The van der Waals surface area contributed by atoms with Gasteiger partial charge in [0.05, 0.1) is 4.91 Å². The van der Waals surface area contributed by atoms with Gasteiger partial charge < -0.3 is 5.11 Å². The van der Waals surface area contributed by atoms with Crippen molar-refractivity contribution in [3.8, 4) is 0 Å². The van der Waals surface area contributed by atoms with Crippen molar-refractivity contribution in [2.45, 2.75) is 19.9 Å². The van der Waals surface area contributed by atoms with E-state index in [1.54, 1.807) is 32.1 Å². The first-order valence-electron chi connectivity index (χ1n) is 6.56. The summed E-state index contributed by atoms with van der Waals surface area (Å²) in [5.41, 5.74) is 0.651. The van der Waals surface area contributed by atoms with Crippen molar-refractivity contribution < 1.29 is 19.1 Å². The number of thiocarbonyl (C=S) groups is 1. The third-order valence-corrected chi connectivity index (χ3v) is 4.48. The number of aliphatic carboxylic acids is 1. The lowest BCUT2D eigenvalue weighted by molar-refractivity contribution is -0.146. The maximum absolute atomic E-state index is 12.9. The number of nitrogens with zero attached hydrogens (tertiary/aromatic N) is 1. The van der Waals surface area contributed by atoms with Crippen LogP contribution in [0.1, 0.15) is 19.4 Å². The number of thioether (sulfide) groups is 1. The van der Waals surface area contributed by atoms with Gasteiger partial charge in [0.2, 0.25) is 0 Å². The van der Waals surface area contributed by atoms with Gasteiger partial charge in [-0.1, -0.05) is 50.0 Å². The molecule has 0 bridgehead atoms. The highest BCUT2D eigenvalue weighted by molar-refractivity contribution is 8.26. The molecule has 0 radical (unpaired) electrons. The molecule has 1 heterocycles. The Morgan fingerprint density at radius 3 is 2.45 bits per heavy atom. The smallest absolute Gasteiger partial charge is 0.327 e. The number of carboxylic acid groups (broad SMARTS) is 1. The average molecular weight is 339 g/mol. The van der Waals surface area contributed by atoms with E-state index in [0.29, 0.717) is 10.5 Å². The third kappa shape index (κ3) is 3.36. The number of amides is 1. The van der Waals surface area contributed by atoms with Crippen LogP contribution in [0.4, 0.5) is 4.39 Å². The molecule has 4 nitrogen and oxygen atoms in total. The number of hydrogen-bond donors (Lipinski definition) is 1. The molecular weight excluding hydrogens is 325 g/mol. The number of carbonyl (C=O) groups is 2. The molecular formula is C15H14FNO3S2. The maximum Gasteiger partial charge on any atom is 0.327 e. The number of rotatable bonds is 4. The zero-order valence-electron chi connectivity index (χ0n) is 11.9. The lowest BCUT2D eigenvalue weighted by atomic mass is 10.0. The molecule has 7 heteroatoms. The molecule has 0 aromatic heterocycles. The molecule has 1 amide bonds. The molecule has 0 aliphatic carbocycles. The van der Waals surface area contributed by atoms with Crippen LogP contribution in [0.5, 0.6) is 0 Å². The minimum absolute atomic E-state index is 0.222. The van der Waals surface area contributed by atoms with E-state index in [9.17, 15) is 19.1 Å². The summed E-state index contributed by atoms with van der Waals surface area (Å²) >= 11 is 6.21. The number of carbonyl (C=O) groups excluding carboxylic acids is 1. The van der Waals surface area contributed by atoms with E-state index in [-0.39, 0.29) is 16.1 Å². The minimum Gasteiger partial charge on any atom is -0.480 e. The van der Waals surface area contributed by atoms with Gasteiger partial charge in [-0.05, 0) is 29.7 Å². The number of halogens is 1. The Bertz CT molecular complexity index is 655. The topological polar surface area (TPSA) is 57.6 Å². The summed E-state index contributed by atoms with van der Waals surface area (Å²) in [6.07, 6.45) is 1.58. The second-order valence-corrected chi connectivity index (χ2v) is 6.81. The largest absolute Gasteiger partial charge is 0.480 e. The quantitative estimate of drug-likeness (QED) is 0.675. The Morgan fingerprint density at radius 2 is 1.95 bits per heavy atom. The first-order chi connectivity index (χ1) is 10.3. The van der Waals surface area contributed by atoms with Crippen LogP contribution in [0.3, 0.4) is 0 Å². The zero-order valence-corrected chi connectivity index (χ0v) is 13.6. The van der Waals surface area contributed by atoms with Crippen molar-refractivity contribution in [1.29, 1.82) is 0 Å². The van der Waals surface area contributed by atoms with Gasteiger partial charge in [-0.3, -0.25) is 9.69 Å². The Hall–Kier alpha value is -1.73. The van der Waals surface area contributed by atoms with E-state index in [1.807, 2.05) is 0 Å². The number of carboxylic acids is 1. The summed E-state index contributed by atoms with van der Waals surface area (Å²) in [5, 5.41) is 9.32. The molecule has 116 valence electrons. The highest BCUT2D eigenvalue weighted by Crippen LogP contribution is 2.35. The van der Waals surface area contributed by atoms with Crippen LogP contribution in [0, 0.1) is 11.7 Å². The second-order valence-electron chi connectivity index (χ2n) is 5.13. The lowest BCUT2D eigenvalue weighted by Gasteiger charge is -2.26. The van der Waals surface area contributed by atoms with E-state index in [0.717, 1.165) is 16.7 Å². The number of hydrogen-bond acceptors (Lipinski definition) is 4. The summed E-state index contributed by atoms with van der Waals surface area (Å²) in [7, 11) is 0. The van der Waals surface area contributed by atoms with Gasteiger partial charge in [0.1, 0.15) is 16.2 Å². The highest BCUT2D eigenvalue weighted by atomic mass is 32.2. The molecule has 0 unspecified atom stereocenters. The van der Waals surface area contributed by atoms with Gasteiger partial charge in [0.25, 0.3) is 5.91 Å². The van der Waals surface area contributed by atoms with Crippen molar-refractivity contribution in [1.82, 2.24) is 4.90 Å². The standard InChI is InChI=1S/C15H14FNO3S2/c1-8(2)12(14(19)20)17-13(18)11(22-15(17)21)7-9-3-5-10(16)6-4-9/h3-8,12H,1-2H3,(H,19,20)/b11-7-/t12-/m1/s1. The summed E-state index contributed by atoms with van der Waals surface area (Å²) in [6, 6.07) is 4.67. The molecule has 2 rings (SSSR count). The van der Waals surface area contributed by atoms with E-state index in [1.165, 1.54) is 12.1 Å². The molecule has 0 spiro atoms. The molecule has 22 heavy (non-hydrogen) atoms. The van der Waals surface area contributed by atoms with Gasteiger partial charge in [0.15, 0.2) is 0 Å². The Balaban J connectivity index is 2.32. The van der Waals surface area contributed by atoms with E-state index in [2.05, 4.69) is 0 Å². The first-order valence-corrected chi connectivity index (χ1v) is 7.79. The fourth-order valence-electron chi connectivity index (χ4n) is 2.12. The van der Waals surface area contributed by atoms with Crippen molar-refractivity contribution in [2.24, 2.45) is 5.92 Å². The molecule has 1 aliphatic heterocycles. The Morgan fingerprint density at radius 1 is 1.36 bits per heavy atom. The summed E-state index contributed by atoms with van der Waals surface area (Å²) in [6.45, 7) is 3.45. The zero-order chi connectivity index (χ0) is 16.4. The van der Waals surface area contributed by atoms with Gasteiger partial charge in [-0.2, -0.15) is 0 Å². The predicted octanol–water partition coefficient (Wildman–Crippen LogP) is 3.14. The molecule has 0 saturated carbocycles. The minimum atomic E-state index is -1.09. The van der Waals surface area contributed by atoms with E-state index >= 15 is 0 Å². The maximum atomic E-state index is 12.9. The third-order valence-electron chi connectivity index (χ3n) is 3.15. The van der Waals surface area contributed by atoms with Crippen molar-refractivity contribution in [3.05, 3.63) is 40.6 Å². The van der Waals surface area contributed by atoms with Crippen LogP contribution in [0.2, 0.25) is 0 Å². The number of benzene rings is 1. The van der Waals surface area contributed by atoms with E-state index in [4.69, 9.17) is 12.2 Å². The monoisotopic (exact) mass is 339 g/mol. The van der Waals surface area contributed by atoms with Crippen LogP contribution >= 0.6 is 24.0 Å². The molecule has 1 aromatic rings. The van der Waals surface area contributed by atoms with Gasteiger partial charge in [-0.25, -0.2) is 9.18 Å². The Kier molecular flexibility index (Phi) is 4.97. The molecule has 1 N–H and O–H groups in total. The highest BCUT2D eigenvalue weighted by Gasteiger charge is 2.41. The summed E-state index contributed by atoms with van der Waals surface area (Å²) in [4.78, 5) is 25.3. The second kappa shape index (κ2) is 6.58. The van der Waals surface area contributed by atoms with Crippen LogP contribution in [-0.4, -0.2) is 32.2 Å². The molecule has 1 fully saturated rings. The average Bonchev–Trinajstić information content (AvgIpc) is 2.69. The lowest BCUT2D eigenvalue weighted by Crippen LogP contribution is -2.47. The molecule has 1 saturated heterocycles. The summed E-state index contributed by atoms with van der Waals surface area (Å²) < 4.78 is 13.1. The summed E-state index contributed by atoms with van der Waals surface area (Å²) in [5.74, 6) is -2.16. The SMILES string of the molecule is CC(C)[C@H](C(=O)O)N1C(=O)/C(=C/c2ccc(F)cc2)SC1=S. The van der Waals surface area contributed by atoms with Crippen LogP contribution in [0.25, 0.3) is 6.08 Å².